The van der Waals surface area contributed by atoms with Crippen LogP contribution in [0.25, 0.3) is 0 Å². The van der Waals surface area contributed by atoms with Crippen molar-refractivity contribution in [1.82, 2.24) is 15.2 Å². The summed E-state index contributed by atoms with van der Waals surface area (Å²) in [7, 11) is 1.54. The number of carbonyl (C=O) groups is 2. The summed E-state index contributed by atoms with van der Waals surface area (Å²) in [5, 5.41) is 16.2. The van der Waals surface area contributed by atoms with Gasteiger partial charge in [0, 0.05) is 26.3 Å². The van der Waals surface area contributed by atoms with E-state index in [0.29, 0.717) is 24.4 Å². The maximum Gasteiger partial charge on any atom is 0.273 e. The lowest BCUT2D eigenvalue weighted by Gasteiger charge is -2.18. The number of rotatable bonds is 5. The largest absolute Gasteiger partial charge is 0.304 e. The van der Waals surface area contributed by atoms with E-state index in [9.17, 15) is 9.59 Å². The third kappa shape index (κ3) is 4.19. The van der Waals surface area contributed by atoms with Crippen LogP contribution in [0.5, 0.6) is 0 Å². The van der Waals surface area contributed by atoms with Gasteiger partial charge in [-0.2, -0.15) is 10.2 Å². The second kappa shape index (κ2) is 7.26. The summed E-state index contributed by atoms with van der Waals surface area (Å²) in [6.45, 7) is 0. The average molecular weight is 363 g/mol. The number of nitrogens with zero attached hydrogens (tertiary/aromatic N) is 4. The molecule has 2 aromatic rings. The smallest absolute Gasteiger partial charge is 0.273 e. The first kappa shape index (κ1) is 17.3. The highest BCUT2D eigenvalue weighted by Crippen LogP contribution is 2.40. The van der Waals surface area contributed by atoms with Crippen molar-refractivity contribution in [1.29, 1.82) is 0 Å². The minimum atomic E-state index is -0.353. The van der Waals surface area contributed by atoms with E-state index in [4.69, 9.17) is 0 Å². The molecule has 0 radical (unpaired) electrons. The minimum Gasteiger partial charge on any atom is -0.304 e. The zero-order valence-electron chi connectivity index (χ0n) is 15.2. The Bertz CT molecular complexity index is 903. The summed E-state index contributed by atoms with van der Waals surface area (Å²) in [4.78, 5) is 23.7. The Morgan fingerprint density at radius 2 is 2.04 bits per heavy atom. The normalized spacial score (nSPS) is 16.9. The molecule has 27 heavy (non-hydrogen) atoms. The van der Waals surface area contributed by atoms with Crippen molar-refractivity contribution in [3.05, 3.63) is 53.2 Å². The molecule has 7 nitrogen and oxygen atoms in total. The molecule has 7 heteroatoms. The predicted octanol–water partition coefficient (Wildman–Crippen LogP) is 2.49. The van der Waals surface area contributed by atoms with Gasteiger partial charge in [0.2, 0.25) is 5.91 Å². The molecule has 4 rings (SSSR count). The number of benzene rings is 1. The van der Waals surface area contributed by atoms with E-state index < -0.39 is 0 Å². The summed E-state index contributed by atoms with van der Waals surface area (Å²) in [5.41, 5.74) is 3.79. The summed E-state index contributed by atoms with van der Waals surface area (Å²) in [5.74, 6) is 0.651. The molecule has 2 amide bonds. The third-order valence-electron chi connectivity index (χ3n) is 4.82. The van der Waals surface area contributed by atoms with Crippen molar-refractivity contribution in [3.8, 4) is 0 Å². The first-order valence-electron chi connectivity index (χ1n) is 9.15. The van der Waals surface area contributed by atoms with Crippen molar-refractivity contribution < 1.29 is 9.59 Å². The number of aromatic nitrogens is 2. The van der Waals surface area contributed by atoms with Crippen LogP contribution in [0.4, 0.5) is 5.82 Å². The molecule has 0 saturated heterocycles. The molecule has 138 valence electrons. The van der Waals surface area contributed by atoms with Gasteiger partial charge in [0.1, 0.15) is 5.71 Å². The van der Waals surface area contributed by atoms with Crippen LogP contribution in [-0.4, -0.2) is 39.8 Å². The highest BCUT2D eigenvalue weighted by Gasteiger charge is 2.24. The lowest BCUT2D eigenvalue weighted by Crippen LogP contribution is -2.34. The zero-order valence-corrected chi connectivity index (χ0v) is 15.2. The fourth-order valence-corrected chi connectivity index (χ4v) is 3.13. The fourth-order valence-electron chi connectivity index (χ4n) is 3.13. The SMILES string of the molecule is CN1N=C(C(=O)Nc2ccc(Cc3cccc(C4CC4)c3)nn2)CCC1=O. The number of amides is 2. The number of hydrogen-bond acceptors (Lipinski definition) is 5. The Kier molecular flexibility index (Phi) is 4.66. The third-order valence-corrected chi connectivity index (χ3v) is 4.82. The van der Waals surface area contributed by atoms with Crippen molar-refractivity contribution >= 4 is 23.3 Å². The van der Waals surface area contributed by atoms with Crippen molar-refractivity contribution in [2.45, 2.75) is 38.0 Å². The monoisotopic (exact) mass is 363 g/mol. The number of nitrogens with one attached hydrogen (secondary N) is 1. The van der Waals surface area contributed by atoms with Crippen molar-refractivity contribution in [3.63, 3.8) is 0 Å². The van der Waals surface area contributed by atoms with Gasteiger partial charge in [-0.05, 0) is 42.0 Å². The molecule has 1 aromatic heterocycles. The first-order chi connectivity index (χ1) is 13.1. The standard InChI is InChI=1S/C20H21N5O2/c1-25-19(26)10-8-17(24-25)20(27)21-18-9-7-16(22-23-18)12-13-3-2-4-15(11-13)14-5-6-14/h2-4,7,9,11,14H,5-6,8,10,12H2,1H3,(H,21,23,27). The van der Waals surface area contributed by atoms with Crippen LogP contribution in [0.2, 0.25) is 0 Å². The predicted molar refractivity (Wildman–Crippen MR) is 101 cm³/mol. The van der Waals surface area contributed by atoms with Crippen LogP contribution >= 0.6 is 0 Å². The van der Waals surface area contributed by atoms with E-state index in [0.717, 1.165) is 11.6 Å². The van der Waals surface area contributed by atoms with Gasteiger partial charge in [-0.15, -0.1) is 5.10 Å². The van der Waals surface area contributed by atoms with Crippen molar-refractivity contribution in [2.24, 2.45) is 5.10 Å². The molecule has 1 aromatic carbocycles. The van der Waals surface area contributed by atoms with Crippen LogP contribution in [0.15, 0.2) is 41.5 Å². The van der Waals surface area contributed by atoms with E-state index in [2.05, 4.69) is 44.9 Å². The van der Waals surface area contributed by atoms with Crippen LogP contribution in [-0.2, 0) is 16.0 Å². The molecule has 0 bridgehead atoms. The minimum absolute atomic E-state index is 0.0959. The average Bonchev–Trinajstić information content (AvgIpc) is 3.51. The summed E-state index contributed by atoms with van der Waals surface area (Å²) >= 11 is 0. The molecule has 0 spiro atoms. The molecule has 1 aliphatic heterocycles. The molecular weight excluding hydrogens is 342 g/mol. The Hall–Kier alpha value is -3.09. The number of carbonyl (C=O) groups excluding carboxylic acids is 2. The molecule has 1 saturated carbocycles. The molecule has 2 aliphatic rings. The molecule has 1 aliphatic carbocycles. The molecule has 0 unspecified atom stereocenters. The van der Waals surface area contributed by atoms with Gasteiger partial charge in [-0.1, -0.05) is 24.3 Å². The van der Waals surface area contributed by atoms with Gasteiger partial charge in [-0.25, -0.2) is 5.01 Å². The van der Waals surface area contributed by atoms with Crippen LogP contribution in [0, 0.1) is 0 Å². The molecule has 0 atom stereocenters. The van der Waals surface area contributed by atoms with Gasteiger partial charge >= 0.3 is 0 Å². The number of hydrazone groups is 1. The van der Waals surface area contributed by atoms with Gasteiger partial charge in [0.05, 0.1) is 5.69 Å². The van der Waals surface area contributed by atoms with E-state index >= 15 is 0 Å². The summed E-state index contributed by atoms with van der Waals surface area (Å²) in [6, 6.07) is 12.2. The van der Waals surface area contributed by atoms with Crippen LogP contribution in [0.1, 0.15) is 48.4 Å². The first-order valence-corrected chi connectivity index (χ1v) is 9.15. The number of hydrogen-bond donors (Lipinski definition) is 1. The molecule has 1 fully saturated rings. The van der Waals surface area contributed by atoms with E-state index in [-0.39, 0.29) is 18.2 Å². The summed E-state index contributed by atoms with van der Waals surface area (Å²) in [6.07, 6.45) is 3.90. The molecule has 2 heterocycles. The maximum atomic E-state index is 12.3. The Morgan fingerprint density at radius 3 is 2.74 bits per heavy atom. The summed E-state index contributed by atoms with van der Waals surface area (Å²) < 4.78 is 0. The molecule has 1 N–H and O–H groups in total. The van der Waals surface area contributed by atoms with E-state index in [1.807, 2.05) is 6.07 Å². The molecular formula is C20H21N5O2. The van der Waals surface area contributed by atoms with Crippen LogP contribution in [0.3, 0.4) is 0 Å². The van der Waals surface area contributed by atoms with Crippen molar-refractivity contribution in [2.75, 3.05) is 12.4 Å². The van der Waals surface area contributed by atoms with Gasteiger partial charge < -0.3 is 5.32 Å². The van der Waals surface area contributed by atoms with Gasteiger partial charge in [-0.3, -0.25) is 9.59 Å². The maximum absolute atomic E-state index is 12.3. The second-order valence-corrected chi connectivity index (χ2v) is 7.02. The Balaban J connectivity index is 1.39. The topological polar surface area (TPSA) is 87.6 Å². The quantitative estimate of drug-likeness (QED) is 0.884. The van der Waals surface area contributed by atoms with Gasteiger partial charge in [0.15, 0.2) is 5.82 Å². The Labute approximate surface area is 157 Å². The lowest BCUT2D eigenvalue weighted by atomic mass is 10.0. The highest BCUT2D eigenvalue weighted by molar-refractivity contribution is 6.43. The Morgan fingerprint density at radius 1 is 1.19 bits per heavy atom. The van der Waals surface area contributed by atoms with Crippen LogP contribution < -0.4 is 5.32 Å². The van der Waals surface area contributed by atoms with E-state index in [1.165, 1.54) is 29.0 Å². The van der Waals surface area contributed by atoms with Gasteiger partial charge in [0.25, 0.3) is 5.91 Å². The second-order valence-electron chi connectivity index (χ2n) is 7.02. The lowest BCUT2D eigenvalue weighted by molar-refractivity contribution is -0.130. The fraction of sp³-hybridized carbons (Fsp3) is 0.350. The zero-order chi connectivity index (χ0) is 18.8. The number of anilines is 1. The highest BCUT2D eigenvalue weighted by atomic mass is 16.2. The van der Waals surface area contributed by atoms with E-state index in [1.54, 1.807) is 13.1 Å².